The second kappa shape index (κ2) is 5.93. The van der Waals surface area contributed by atoms with Crippen LogP contribution in [0.25, 0.3) is 0 Å². The van der Waals surface area contributed by atoms with E-state index in [-0.39, 0.29) is 18.1 Å². The van der Waals surface area contributed by atoms with E-state index < -0.39 is 0 Å². The summed E-state index contributed by atoms with van der Waals surface area (Å²) >= 11 is 0. The smallest absolute Gasteiger partial charge is 0.0647 e. The van der Waals surface area contributed by atoms with Gasteiger partial charge in [0.15, 0.2) is 0 Å². The first kappa shape index (κ1) is 14.4. The lowest BCUT2D eigenvalue weighted by Crippen LogP contribution is -2.43. The minimum atomic E-state index is 0.121. The molecule has 3 heteroatoms. The summed E-state index contributed by atoms with van der Waals surface area (Å²) in [5.74, 6) is 0. The number of rotatable bonds is 2. The maximum Gasteiger partial charge on any atom is 0.0647 e. The van der Waals surface area contributed by atoms with Gasteiger partial charge in [-0.2, -0.15) is 0 Å². The summed E-state index contributed by atoms with van der Waals surface area (Å²) in [6.45, 7) is 9.83. The van der Waals surface area contributed by atoms with Crippen LogP contribution in [0.2, 0.25) is 0 Å². The molecule has 0 amide bonds. The van der Waals surface area contributed by atoms with E-state index in [9.17, 15) is 5.11 Å². The highest BCUT2D eigenvalue weighted by Crippen LogP contribution is 2.33. The Labute approximate surface area is 116 Å². The van der Waals surface area contributed by atoms with Gasteiger partial charge in [0, 0.05) is 18.8 Å². The highest BCUT2D eigenvalue weighted by Gasteiger charge is 2.26. The van der Waals surface area contributed by atoms with Crippen LogP contribution in [-0.4, -0.2) is 37.4 Å². The van der Waals surface area contributed by atoms with E-state index in [0.29, 0.717) is 0 Å². The first-order valence-corrected chi connectivity index (χ1v) is 7.22. The van der Waals surface area contributed by atoms with Crippen molar-refractivity contribution in [1.29, 1.82) is 0 Å². The highest BCUT2D eigenvalue weighted by molar-refractivity contribution is 5.57. The van der Waals surface area contributed by atoms with Crippen LogP contribution < -0.4 is 10.2 Å². The zero-order chi connectivity index (χ0) is 13.9. The molecule has 2 rings (SSSR count). The Bertz CT molecular complexity index is 411. The number of benzene rings is 1. The number of aliphatic hydroxyl groups excluding tert-OH is 1. The number of para-hydroxylation sites is 1. The van der Waals surface area contributed by atoms with Crippen molar-refractivity contribution < 1.29 is 5.11 Å². The molecule has 2 N–H and O–H groups in total. The largest absolute Gasteiger partial charge is 0.394 e. The molecule has 0 spiro atoms. The number of anilines is 1. The fourth-order valence-corrected chi connectivity index (χ4v) is 2.77. The molecule has 1 atom stereocenters. The Morgan fingerprint density at radius 1 is 1.32 bits per heavy atom. The van der Waals surface area contributed by atoms with E-state index >= 15 is 0 Å². The van der Waals surface area contributed by atoms with Gasteiger partial charge in [-0.15, -0.1) is 0 Å². The third-order valence-electron chi connectivity index (χ3n) is 3.81. The average Bonchev–Trinajstić information content (AvgIpc) is 2.62. The van der Waals surface area contributed by atoms with Gasteiger partial charge in [-0.25, -0.2) is 0 Å². The van der Waals surface area contributed by atoms with E-state index in [1.165, 1.54) is 11.3 Å². The predicted octanol–water partition coefficient (Wildman–Crippen LogP) is 2.14. The lowest BCUT2D eigenvalue weighted by molar-refractivity contribution is 0.259. The number of nitrogens with one attached hydrogen (secondary N) is 1. The van der Waals surface area contributed by atoms with Gasteiger partial charge in [0.25, 0.3) is 0 Å². The molecule has 0 saturated carbocycles. The van der Waals surface area contributed by atoms with Gasteiger partial charge in [-0.1, -0.05) is 39.0 Å². The molecular weight excluding hydrogens is 236 g/mol. The van der Waals surface area contributed by atoms with Gasteiger partial charge in [0.05, 0.1) is 12.6 Å². The lowest BCUT2D eigenvalue weighted by Gasteiger charge is -2.35. The van der Waals surface area contributed by atoms with Gasteiger partial charge in [0.2, 0.25) is 0 Å². The summed E-state index contributed by atoms with van der Waals surface area (Å²) in [5, 5.41) is 13.1. The Balaban J connectivity index is 2.38. The number of aliphatic hydroxyl groups is 1. The van der Waals surface area contributed by atoms with E-state index in [0.717, 1.165) is 26.1 Å². The summed E-state index contributed by atoms with van der Waals surface area (Å²) in [7, 11) is 0. The summed E-state index contributed by atoms with van der Waals surface area (Å²) in [5.41, 5.74) is 2.75. The Morgan fingerprint density at radius 2 is 2.05 bits per heavy atom. The van der Waals surface area contributed by atoms with E-state index in [1.54, 1.807) is 0 Å². The van der Waals surface area contributed by atoms with Gasteiger partial charge in [-0.3, -0.25) is 0 Å². The summed E-state index contributed by atoms with van der Waals surface area (Å²) < 4.78 is 0. The molecule has 0 aliphatic carbocycles. The second-order valence-corrected chi connectivity index (χ2v) is 6.35. The van der Waals surface area contributed by atoms with Crippen molar-refractivity contribution in [2.24, 2.45) is 0 Å². The SMILES string of the molecule is CC(C)(C)c1ccccc1N1CCCNCC1CO. The molecule has 3 nitrogen and oxygen atoms in total. The normalized spacial score (nSPS) is 21.3. The Kier molecular flexibility index (Phi) is 4.48. The molecule has 1 fully saturated rings. The minimum Gasteiger partial charge on any atom is -0.394 e. The standard InChI is InChI=1S/C16H26N2O/c1-16(2,3)14-7-4-5-8-15(14)18-10-6-9-17-11-13(18)12-19/h4-5,7-8,13,17,19H,6,9-12H2,1-3H3. The van der Waals surface area contributed by atoms with Crippen LogP contribution >= 0.6 is 0 Å². The maximum absolute atomic E-state index is 9.66. The van der Waals surface area contributed by atoms with Gasteiger partial charge in [0.1, 0.15) is 0 Å². The van der Waals surface area contributed by atoms with Crippen molar-refractivity contribution in [3.63, 3.8) is 0 Å². The monoisotopic (exact) mass is 262 g/mol. The zero-order valence-corrected chi connectivity index (χ0v) is 12.3. The first-order valence-electron chi connectivity index (χ1n) is 7.22. The molecule has 19 heavy (non-hydrogen) atoms. The molecule has 1 aliphatic rings. The molecule has 0 aromatic heterocycles. The van der Waals surface area contributed by atoms with Crippen molar-refractivity contribution in [3.05, 3.63) is 29.8 Å². The Morgan fingerprint density at radius 3 is 2.74 bits per heavy atom. The predicted molar refractivity (Wildman–Crippen MR) is 80.8 cm³/mol. The van der Waals surface area contributed by atoms with E-state index in [2.05, 4.69) is 55.3 Å². The Hall–Kier alpha value is -1.06. The third-order valence-corrected chi connectivity index (χ3v) is 3.81. The third kappa shape index (κ3) is 3.28. The van der Waals surface area contributed by atoms with Crippen LogP contribution in [0.5, 0.6) is 0 Å². The van der Waals surface area contributed by atoms with Crippen LogP contribution in [0.3, 0.4) is 0 Å². The number of nitrogens with zero attached hydrogens (tertiary/aromatic N) is 1. The number of hydrogen-bond acceptors (Lipinski definition) is 3. The van der Waals surface area contributed by atoms with Crippen LogP contribution in [0, 0.1) is 0 Å². The van der Waals surface area contributed by atoms with Crippen molar-refractivity contribution in [1.82, 2.24) is 5.32 Å². The fourth-order valence-electron chi connectivity index (χ4n) is 2.77. The summed E-state index contributed by atoms with van der Waals surface area (Å²) in [6.07, 6.45) is 1.12. The molecule has 1 heterocycles. The molecular formula is C16H26N2O. The van der Waals surface area contributed by atoms with E-state index in [4.69, 9.17) is 0 Å². The molecule has 1 saturated heterocycles. The van der Waals surface area contributed by atoms with Crippen LogP contribution in [-0.2, 0) is 5.41 Å². The topological polar surface area (TPSA) is 35.5 Å². The van der Waals surface area contributed by atoms with Crippen molar-refractivity contribution in [2.75, 3.05) is 31.1 Å². The highest BCUT2D eigenvalue weighted by atomic mass is 16.3. The number of hydrogen-bond donors (Lipinski definition) is 2. The van der Waals surface area contributed by atoms with Crippen molar-refractivity contribution in [3.8, 4) is 0 Å². The van der Waals surface area contributed by atoms with Gasteiger partial charge in [-0.05, 0) is 30.0 Å². The molecule has 0 radical (unpaired) electrons. The molecule has 1 aliphatic heterocycles. The van der Waals surface area contributed by atoms with Crippen LogP contribution in [0.4, 0.5) is 5.69 Å². The summed E-state index contributed by atoms with van der Waals surface area (Å²) in [4.78, 5) is 2.38. The average molecular weight is 262 g/mol. The first-order chi connectivity index (χ1) is 9.04. The second-order valence-electron chi connectivity index (χ2n) is 6.35. The van der Waals surface area contributed by atoms with Crippen molar-refractivity contribution >= 4 is 5.69 Å². The van der Waals surface area contributed by atoms with Crippen LogP contribution in [0.15, 0.2) is 24.3 Å². The van der Waals surface area contributed by atoms with Crippen LogP contribution in [0.1, 0.15) is 32.8 Å². The van der Waals surface area contributed by atoms with E-state index in [1.807, 2.05) is 0 Å². The minimum absolute atomic E-state index is 0.121. The molecule has 1 aromatic carbocycles. The fraction of sp³-hybridized carbons (Fsp3) is 0.625. The molecule has 1 aromatic rings. The van der Waals surface area contributed by atoms with Crippen molar-refractivity contribution in [2.45, 2.75) is 38.6 Å². The summed E-state index contributed by atoms with van der Waals surface area (Å²) in [6, 6.07) is 8.77. The molecule has 106 valence electrons. The van der Waals surface area contributed by atoms with Gasteiger partial charge >= 0.3 is 0 Å². The quantitative estimate of drug-likeness (QED) is 0.857. The zero-order valence-electron chi connectivity index (χ0n) is 12.3. The van der Waals surface area contributed by atoms with Gasteiger partial charge < -0.3 is 15.3 Å². The molecule has 0 bridgehead atoms. The maximum atomic E-state index is 9.66. The lowest BCUT2D eigenvalue weighted by atomic mass is 9.85. The molecule has 1 unspecified atom stereocenters.